The summed E-state index contributed by atoms with van der Waals surface area (Å²) in [6, 6.07) is 37.2. The molecule has 0 N–H and O–H groups in total. The molecule has 1 unspecified atom stereocenters. The molecule has 1 aliphatic carbocycles. The van der Waals surface area contributed by atoms with E-state index < -0.39 is 0 Å². The van der Waals surface area contributed by atoms with E-state index in [9.17, 15) is 0 Å². The van der Waals surface area contributed by atoms with Gasteiger partial charge >= 0.3 is 0 Å². The Hall–Kier alpha value is -4.43. The fourth-order valence-corrected chi connectivity index (χ4v) is 5.58. The number of nitrogens with zero attached hydrogens (tertiary/aromatic N) is 2. The molecule has 2 heterocycles. The second kappa shape index (κ2) is 8.11. The van der Waals surface area contributed by atoms with Gasteiger partial charge in [-0.25, -0.2) is 0 Å². The van der Waals surface area contributed by atoms with E-state index in [2.05, 4.69) is 125 Å². The van der Waals surface area contributed by atoms with Gasteiger partial charge in [0.15, 0.2) is 0 Å². The molecular formula is C33H24N2. The summed E-state index contributed by atoms with van der Waals surface area (Å²) in [6.07, 6.45) is 9.65. The van der Waals surface area contributed by atoms with Gasteiger partial charge in [0.2, 0.25) is 0 Å². The van der Waals surface area contributed by atoms with E-state index in [1.807, 2.05) is 12.3 Å². The third kappa shape index (κ3) is 3.30. The Morgan fingerprint density at radius 3 is 2.43 bits per heavy atom. The van der Waals surface area contributed by atoms with Crippen LogP contribution in [0.4, 0.5) is 0 Å². The average molecular weight is 449 g/mol. The monoisotopic (exact) mass is 448 g/mol. The Bertz CT molecular complexity index is 1760. The molecule has 0 saturated heterocycles. The Morgan fingerprint density at radius 1 is 0.686 bits per heavy atom. The zero-order chi connectivity index (χ0) is 23.2. The van der Waals surface area contributed by atoms with Gasteiger partial charge in [-0.05, 0) is 58.7 Å². The number of allylic oxidation sites excluding steroid dienone is 4. The summed E-state index contributed by atoms with van der Waals surface area (Å²) < 4.78 is 2.53. The molecule has 0 saturated carbocycles. The van der Waals surface area contributed by atoms with Crippen molar-refractivity contribution in [3.8, 4) is 11.3 Å². The first kappa shape index (κ1) is 20.0. The van der Waals surface area contributed by atoms with Crippen LogP contribution >= 0.6 is 0 Å². The lowest BCUT2D eigenvalue weighted by molar-refractivity contribution is 0.656. The highest BCUT2D eigenvalue weighted by Gasteiger charge is 2.21. The maximum Gasteiger partial charge on any atom is 0.0708 e. The number of pyridine rings is 1. The fourth-order valence-electron chi connectivity index (χ4n) is 5.58. The zero-order valence-corrected chi connectivity index (χ0v) is 19.3. The van der Waals surface area contributed by atoms with Crippen LogP contribution in [-0.2, 0) is 0 Å². The largest absolute Gasteiger partial charge is 0.333 e. The molecule has 2 nitrogen and oxygen atoms in total. The summed E-state index contributed by atoms with van der Waals surface area (Å²) >= 11 is 0. The molecule has 166 valence electrons. The highest BCUT2D eigenvalue weighted by molar-refractivity contribution is 6.14. The first-order valence-electron chi connectivity index (χ1n) is 12.2. The molecule has 6 aromatic rings. The van der Waals surface area contributed by atoms with Crippen LogP contribution in [0.15, 0.2) is 128 Å². The lowest BCUT2D eigenvalue weighted by Gasteiger charge is -2.23. The maximum atomic E-state index is 4.65. The molecule has 0 spiro atoms. The molecule has 2 aromatic heterocycles. The SMILES string of the molecule is C1=CC(n2c3ccccc3c3cc4cccc(-c5ccccn5)c4cc32)CC(c2ccccc2)=C1. The fraction of sp³-hybridized carbons (Fsp3) is 0.0606. The van der Waals surface area contributed by atoms with E-state index >= 15 is 0 Å². The zero-order valence-electron chi connectivity index (χ0n) is 19.3. The van der Waals surface area contributed by atoms with Crippen LogP contribution in [0.1, 0.15) is 18.0 Å². The first-order valence-corrected chi connectivity index (χ1v) is 12.2. The summed E-state index contributed by atoms with van der Waals surface area (Å²) in [5, 5.41) is 5.08. The molecule has 4 aromatic carbocycles. The molecule has 0 bridgehead atoms. The number of benzene rings is 4. The number of rotatable bonds is 3. The maximum absolute atomic E-state index is 4.65. The van der Waals surface area contributed by atoms with E-state index in [0.29, 0.717) is 0 Å². The van der Waals surface area contributed by atoms with E-state index in [4.69, 9.17) is 0 Å². The van der Waals surface area contributed by atoms with Gasteiger partial charge in [-0.2, -0.15) is 0 Å². The lowest BCUT2D eigenvalue weighted by Crippen LogP contribution is -2.09. The lowest BCUT2D eigenvalue weighted by atomic mass is 9.94. The molecule has 7 rings (SSSR count). The molecule has 0 radical (unpaired) electrons. The van der Waals surface area contributed by atoms with Gasteiger partial charge in [0, 0.05) is 28.0 Å². The van der Waals surface area contributed by atoms with Crippen LogP contribution < -0.4 is 0 Å². The third-order valence-electron chi connectivity index (χ3n) is 7.19. The number of hydrogen-bond acceptors (Lipinski definition) is 1. The summed E-state index contributed by atoms with van der Waals surface area (Å²) in [4.78, 5) is 4.65. The normalized spacial score (nSPS) is 15.7. The van der Waals surface area contributed by atoms with Gasteiger partial charge in [0.1, 0.15) is 0 Å². The van der Waals surface area contributed by atoms with Crippen LogP contribution in [0, 0.1) is 0 Å². The van der Waals surface area contributed by atoms with Crippen LogP contribution in [0.3, 0.4) is 0 Å². The minimum atomic E-state index is 0.247. The van der Waals surface area contributed by atoms with Crippen molar-refractivity contribution in [1.82, 2.24) is 9.55 Å². The predicted molar refractivity (Wildman–Crippen MR) is 147 cm³/mol. The standard InChI is InChI=1S/C33H24N2/c1-2-10-23(11-3-1)24-12-8-14-26(20-24)35-32-18-5-4-15-28(32)30-21-25-13-9-16-27(29(25)22-33(30)35)31-17-6-7-19-34-31/h1-19,21-22,26H,20H2. The van der Waals surface area contributed by atoms with Crippen LogP contribution in [0.2, 0.25) is 0 Å². The van der Waals surface area contributed by atoms with E-state index in [1.54, 1.807) is 0 Å². The van der Waals surface area contributed by atoms with E-state index in [0.717, 1.165) is 12.1 Å². The van der Waals surface area contributed by atoms with Crippen molar-refractivity contribution in [1.29, 1.82) is 0 Å². The van der Waals surface area contributed by atoms with Crippen molar-refractivity contribution in [2.45, 2.75) is 12.5 Å². The van der Waals surface area contributed by atoms with Crippen molar-refractivity contribution in [3.63, 3.8) is 0 Å². The van der Waals surface area contributed by atoms with E-state index in [-0.39, 0.29) is 6.04 Å². The highest BCUT2D eigenvalue weighted by atomic mass is 15.0. The van der Waals surface area contributed by atoms with E-state index in [1.165, 1.54) is 49.3 Å². The highest BCUT2D eigenvalue weighted by Crippen LogP contribution is 2.40. The summed E-state index contributed by atoms with van der Waals surface area (Å²) in [7, 11) is 0. The molecule has 35 heavy (non-hydrogen) atoms. The minimum Gasteiger partial charge on any atom is -0.333 e. The molecule has 2 heteroatoms. The first-order chi connectivity index (χ1) is 17.4. The average Bonchev–Trinajstić information content (AvgIpc) is 3.26. The second-order valence-corrected chi connectivity index (χ2v) is 9.21. The van der Waals surface area contributed by atoms with Gasteiger partial charge in [-0.1, -0.05) is 91.0 Å². The van der Waals surface area contributed by atoms with Gasteiger partial charge in [-0.3, -0.25) is 4.98 Å². The van der Waals surface area contributed by atoms with Crippen LogP contribution in [0.5, 0.6) is 0 Å². The molecule has 1 aliphatic rings. The Labute approximate surface area is 204 Å². The number of aromatic nitrogens is 2. The Morgan fingerprint density at radius 2 is 1.54 bits per heavy atom. The van der Waals surface area contributed by atoms with Crippen LogP contribution in [0.25, 0.3) is 49.4 Å². The van der Waals surface area contributed by atoms with Crippen molar-refractivity contribution >= 4 is 38.2 Å². The molecule has 0 amide bonds. The summed E-state index contributed by atoms with van der Waals surface area (Å²) in [6.45, 7) is 0. The third-order valence-corrected chi connectivity index (χ3v) is 7.19. The second-order valence-electron chi connectivity index (χ2n) is 9.21. The van der Waals surface area contributed by atoms with Crippen molar-refractivity contribution < 1.29 is 0 Å². The molecule has 1 atom stereocenters. The van der Waals surface area contributed by atoms with Gasteiger partial charge in [0.05, 0.1) is 17.3 Å². The Kier molecular flexibility index (Phi) is 4.63. The van der Waals surface area contributed by atoms with Gasteiger partial charge < -0.3 is 4.57 Å². The molecule has 0 aliphatic heterocycles. The number of para-hydroxylation sites is 1. The number of hydrogen-bond donors (Lipinski definition) is 0. The minimum absolute atomic E-state index is 0.247. The number of fused-ring (bicyclic) bond motifs is 4. The van der Waals surface area contributed by atoms with Crippen LogP contribution in [-0.4, -0.2) is 9.55 Å². The summed E-state index contributed by atoms with van der Waals surface area (Å²) in [5.41, 5.74) is 7.40. The van der Waals surface area contributed by atoms with Crippen molar-refractivity contribution in [3.05, 3.63) is 133 Å². The van der Waals surface area contributed by atoms with Gasteiger partial charge in [0.25, 0.3) is 0 Å². The van der Waals surface area contributed by atoms with Crippen molar-refractivity contribution in [2.24, 2.45) is 0 Å². The quantitative estimate of drug-likeness (QED) is 0.265. The predicted octanol–water partition coefficient (Wildman–Crippen LogP) is 8.59. The van der Waals surface area contributed by atoms with Crippen molar-refractivity contribution in [2.75, 3.05) is 0 Å². The topological polar surface area (TPSA) is 17.8 Å². The van der Waals surface area contributed by atoms with Gasteiger partial charge in [-0.15, -0.1) is 0 Å². The summed E-state index contributed by atoms with van der Waals surface area (Å²) in [5.74, 6) is 0. The smallest absolute Gasteiger partial charge is 0.0708 e. The molecular weight excluding hydrogens is 424 g/mol. The molecule has 0 fully saturated rings. The Balaban J connectivity index is 1.47.